The van der Waals surface area contributed by atoms with E-state index < -0.39 is 17.8 Å². The first kappa shape index (κ1) is 21.8. The standard InChI is InChI=1S/C26H29N3O3/c1-15-9-16(2)11-19(10-15)29-24(31)21(23(30)27-25(29)32)13-18-7-8-22-20(12-18)17(3)14-26(4,5)28(22)6/h7-13,17H,14H2,1-6H3,(H,27,30,32)/b21-13+. The quantitative estimate of drug-likeness (QED) is 0.553. The first-order chi connectivity index (χ1) is 15.0. The lowest BCUT2D eigenvalue weighted by Crippen LogP contribution is -2.54. The number of urea groups is 1. The molecular weight excluding hydrogens is 402 g/mol. The molecule has 0 saturated carbocycles. The summed E-state index contributed by atoms with van der Waals surface area (Å²) in [6.07, 6.45) is 2.58. The Kier molecular flexibility index (Phi) is 5.19. The molecule has 2 aliphatic heterocycles. The van der Waals surface area contributed by atoms with Crippen LogP contribution in [0.5, 0.6) is 0 Å². The number of nitrogens with one attached hydrogen (secondary N) is 1. The summed E-state index contributed by atoms with van der Waals surface area (Å²) in [6.45, 7) is 10.5. The number of aryl methyl sites for hydroxylation is 2. The molecule has 6 nitrogen and oxygen atoms in total. The van der Waals surface area contributed by atoms with Gasteiger partial charge in [-0.05, 0) is 92.6 Å². The molecule has 2 aromatic rings. The Morgan fingerprint density at radius 2 is 1.69 bits per heavy atom. The molecule has 166 valence electrons. The van der Waals surface area contributed by atoms with Crippen molar-refractivity contribution in [2.24, 2.45) is 0 Å². The van der Waals surface area contributed by atoms with Crippen LogP contribution in [0.25, 0.3) is 6.08 Å². The number of carbonyl (C=O) groups excluding carboxylic acids is 3. The fourth-order valence-electron chi connectivity index (χ4n) is 4.82. The Morgan fingerprint density at radius 3 is 2.34 bits per heavy atom. The van der Waals surface area contributed by atoms with Crippen molar-refractivity contribution in [2.75, 3.05) is 16.8 Å². The molecule has 0 aromatic heterocycles. The maximum Gasteiger partial charge on any atom is 0.335 e. The Bertz CT molecular complexity index is 1160. The fourth-order valence-corrected chi connectivity index (χ4v) is 4.82. The molecule has 2 aromatic carbocycles. The third kappa shape index (κ3) is 3.70. The van der Waals surface area contributed by atoms with E-state index in [0.29, 0.717) is 11.6 Å². The Balaban J connectivity index is 1.74. The highest BCUT2D eigenvalue weighted by molar-refractivity contribution is 6.39. The van der Waals surface area contributed by atoms with Crippen LogP contribution in [-0.4, -0.2) is 30.4 Å². The van der Waals surface area contributed by atoms with Gasteiger partial charge in [0.1, 0.15) is 5.57 Å². The smallest absolute Gasteiger partial charge is 0.335 e. The summed E-state index contributed by atoms with van der Waals surface area (Å²) >= 11 is 0. The van der Waals surface area contributed by atoms with Crippen LogP contribution in [0.3, 0.4) is 0 Å². The molecule has 4 rings (SSSR count). The zero-order valence-electron chi connectivity index (χ0n) is 19.4. The molecule has 6 heteroatoms. The minimum atomic E-state index is -0.731. The van der Waals surface area contributed by atoms with Gasteiger partial charge in [0, 0.05) is 18.3 Å². The molecule has 1 N–H and O–H groups in total. The number of anilines is 2. The van der Waals surface area contributed by atoms with Crippen LogP contribution in [0.2, 0.25) is 0 Å². The van der Waals surface area contributed by atoms with E-state index in [-0.39, 0.29) is 11.1 Å². The van der Waals surface area contributed by atoms with E-state index in [2.05, 4.69) is 38.0 Å². The summed E-state index contributed by atoms with van der Waals surface area (Å²) < 4.78 is 0. The van der Waals surface area contributed by atoms with Crippen molar-refractivity contribution in [3.05, 3.63) is 64.2 Å². The zero-order valence-corrected chi connectivity index (χ0v) is 19.4. The number of hydrogen-bond donors (Lipinski definition) is 1. The average Bonchev–Trinajstić information content (AvgIpc) is 2.68. The summed E-state index contributed by atoms with van der Waals surface area (Å²) in [5.41, 5.74) is 5.41. The Hall–Kier alpha value is -3.41. The first-order valence-electron chi connectivity index (χ1n) is 10.9. The molecule has 1 unspecified atom stereocenters. The highest BCUT2D eigenvalue weighted by Crippen LogP contribution is 2.42. The Morgan fingerprint density at radius 1 is 1.03 bits per heavy atom. The number of imide groups is 2. The van der Waals surface area contributed by atoms with Gasteiger partial charge in [-0.2, -0.15) is 0 Å². The van der Waals surface area contributed by atoms with Gasteiger partial charge in [-0.25, -0.2) is 9.69 Å². The number of amides is 4. The SMILES string of the molecule is Cc1cc(C)cc(N2C(=O)NC(=O)/C(=C\c3ccc4c(c3)C(C)CC(C)(C)N4C)C2=O)c1. The minimum Gasteiger partial charge on any atom is -0.369 e. The van der Waals surface area contributed by atoms with E-state index in [1.54, 1.807) is 18.2 Å². The largest absolute Gasteiger partial charge is 0.369 e. The summed E-state index contributed by atoms with van der Waals surface area (Å²) in [4.78, 5) is 41.6. The van der Waals surface area contributed by atoms with Crippen molar-refractivity contribution < 1.29 is 14.4 Å². The molecule has 2 heterocycles. The second kappa shape index (κ2) is 7.62. The lowest BCUT2D eigenvalue weighted by atomic mass is 9.80. The molecule has 0 spiro atoms. The lowest BCUT2D eigenvalue weighted by Gasteiger charge is -2.45. The van der Waals surface area contributed by atoms with Crippen molar-refractivity contribution in [2.45, 2.75) is 52.5 Å². The fraction of sp³-hybridized carbons (Fsp3) is 0.346. The number of rotatable bonds is 2. The van der Waals surface area contributed by atoms with Crippen molar-refractivity contribution >= 4 is 35.3 Å². The predicted molar refractivity (Wildman–Crippen MR) is 127 cm³/mol. The van der Waals surface area contributed by atoms with Crippen LogP contribution in [0.1, 0.15) is 55.4 Å². The highest BCUT2D eigenvalue weighted by Gasteiger charge is 2.37. The normalized spacial score (nSPS) is 21.6. The highest BCUT2D eigenvalue weighted by atomic mass is 16.2. The van der Waals surface area contributed by atoms with Gasteiger partial charge in [-0.3, -0.25) is 14.9 Å². The van der Waals surface area contributed by atoms with E-state index in [1.807, 2.05) is 38.1 Å². The number of barbiturate groups is 1. The van der Waals surface area contributed by atoms with Gasteiger partial charge in [0.05, 0.1) is 5.69 Å². The number of fused-ring (bicyclic) bond motifs is 1. The zero-order chi connectivity index (χ0) is 23.4. The topological polar surface area (TPSA) is 69.7 Å². The van der Waals surface area contributed by atoms with Crippen molar-refractivity contribution in [3.8, 4) is 0 Å². The van der Waals surface area contributed by atoms with Crippen LogP contribution in [0.15, 0.2) is 42.0 Å². The summed E-state index contributed by atoms with van der Waals surface area (Å²) in [5.74, 6) is -0.948. The van der Waals surface area contributed by atoms with Gasteiger partial charge in [-0.1, -0.05) is 19.1 Å². The molecule has 0 aliphatic carbocycles. The summed E-state index contributed by atoms with van der Waals surface area (Å²) in [5, 5.41) is 2.31. The maximum absolute atomic E-state index is 13.2. The van der Waals surface area contributed by atoms with E-state index >= 15 is 0 Å². The van der Waals surface area contributed by atoms with Crippen molar-refractivity contribution in [1.29, 1.82) is 0 Å². The maximum atomic E-state index is 13.2. The monoisotopic (exact) mass is 431 g/mol. The van der Waals surface area contributed by atoms with Gasteiger partial charge >= 0.3 is 6.03 Å². The van der Waals surface area contributed by atoms with Crippen molar-refractivity contribution in [1.82, 2.24) is 5.32 Å². The van der Waals surface area contributed by atoms with Crippen LogP contribution < -0.4 is 15.1 Å². The van der Waals surface area contributed by atoms with E-state index in [4.69, 9.17) is 0 Å². The van der Waals surface area contributed by atoms with Gasteiger partial charge in [0.25, 0.3) is 11.8 Å². The molecule has 0 radical (unpaired) electrons. The molecule has 2 aliphatic rings. The molecule has 0 bridgehead atoms. The van der Waals surface area contributed by atoms with Crippen molar-refractivity contribution in [3.63, 3.8) is 0 Å². The van der Waals surface area contributed by atoms with Crippen LogP contribution >= 0.6 is 0 Å². The van der Waals surface area contributed by atoms with E-state index in [9.17, 15) is 14.4 Å². The summed E-state index contributed by atoms with van der Waals surface area (Å²) in [6, 6.07) is 10.7. The van der Waals surface area contributed by atoms with Gasteiger partial charge in [-0.15, -0.1) is 0 Å². The molecule has 1 fully saturated rings. The van der Waals surface area contributed by atoms with Gasteiger partial charge < -0.3 is 4.90 Å². The molecule has 4 amide bonds. The predicted octanol–water partition coefficient (Wildman–Crippen LogP) is 4.69. The number of hydrogen-bond acceptors (Lipinski definition) is 4. The second-order valence-corrected chi connectivity index (χ2v) is 9.60. The number of nitrogens with zero attached hydrogens (tertiary/aromatic N) is 2. The molecular formula is C26H29N3O3. The Labute approximate surface area is 188 Å². The number of benzene rings is 2. The van der Waals surface area contributed by atoms with Crippen LogP contribution in [0, 0.1) is 13.8 Å². The average molecular weight is 432 g/mol. The van der Waals surface area contributed by atoms with E-state index in [0.717, 1.165) is 33.7 Å². The third-order valence-corrected chi connectivity index (χ3v) is 6.53. The van der Waals surface area contributed by atoms with Gasteiger partial charge in [0.15, 0.2) is 0 Å². The van der Waals surface area contributed by atoms with Crippen LogP contribution in [-0.2, 0) is 9.59 Å². The molecule has 1 saturated heterocycles. The number of carbonyl (C=O) groups is 3. The van der Waals surface area contributed by atoms with Crippen LogP contribution in [0.4, 0.5) is 16.2 Å². The summed E-state index contributed by atoms with van der Waals surface area (Å²) in [7, 11) is 2.09. The minimum absolute atomic E-state index is 0.0540. The van der Waals surface area contributed by atoms with E-state index in [1.165, 1.54) is 5.56 Å². The second-order valence-electron chi connectivity index (χ2n) is 9.60. The first-order valence-corrected chi connectivity index (χ1v) is 10.9. The third-order valence-electron chi connectivity index (χ3n) is 6.53. The lowest BCUT2D eigenvalue weighted by molar-refractivity contribution is -0.122. The molecule has 32 heavy (non-hydrogen) atoms. The van der Waals surface area contributed by atoms with Gasteiger partial charge in [0.2, 0.25) is 0 Å². The molecule has 1 atom stereocenters.